The van der Waals surface area contributed by atoms with E-state index in [1.165, 1.54) is 11.9 Å². The molecule has 1 aromatic carbocycles. The molecule has 24 heavy (non-hydrogen) atoms. The summed E-state index contributed by atoms with van der Waals surface area (Å²) in [7, 11) is -1.56. The number of hydrogen-bond donors (Lipinski definition) is 0. The minimum atomic E-state index is -3.08. The van der Waals surface area contributed by atoms with Gasteiger partial charge in [-0.2, -0.15) is 0 Å². The van der Waals surface area contributed by atoms with E-state index in [1.807, 2.05) is 0 Å². The molecule has 0 aliphatic carbocycles. The van der Waals surface area contributed by atoms with Crippen LogP contribution in [0.3, 0.4) is 0 Å². The van der Waals surface area contributed by atoms with Crippen molar-refractivity contribution in [1.29, 1.82) is 0 Å². The second-order valence-corrected chi connectivity index (χ2v) is 8.69. The Morgan fingerprint density at radius 3 is 2.58 bits per heavy atom. The van der Waals surface area contributed by atoms with Gasteiger partial charge >= 0.3 is 5.97 Å². The molecule has 0 aromatic heterocycles. The molecule has 1 aromatic rings. The van der Waals surface area contributed by atoms with E-state index in [2.05, 4.69) is 0 Å². The second-order valence-electron chi connectivity index (χ2n) is 5.65. The summed E-state index contributed by atoms with van der Waals surface area (Å²) >= 11 is 11.7. The van der Waals surface area contributed by atoms with Gasteiger partial charge in [0.2, 0.25) is 0 Å². The molecule has 1 amide bonds. The Morgan fingerprint density at radius 2 is 2.00 bits per heavy atom. The molecule has 9 heteroatoms. The standard InChI is InChI=1S/C15H17Cl2NO5S/c1-18(11-4-5-24(21,22)9-11)14(19)8-23-15(20)7-10-2-3-12(16)13(17)6-10/h2-3,6,11H,4-5,7-9H2,1H3/t11-/m0/s1. The van der Waals surface area contributed by atoms with E-state index in [-0.39, 0.29) is 24.0 Å². The van der Waals surface area contributed by atoms with Crippen molar-refractivity contribution < 1.29 is 22.7 Å². The lowest BCUT2D eigenvalue weighted by atomic mass is 10.1. The van der Waals surface area contributed by atoms with Crippen LogP contribution in [0.15, 0.2) is 18.2 Å². The molecule has 1 saturated heterocycles. The van der Waals surface area contributed by atoms with Gasteiger partial charge in [0.1, 0.15) is 0 Å². The van der Waals surface area contributed by atoms with Crippen molar-refractivity contribution in [3.05, 3.63) is 33.8 Å². The number of carbonyl (C=O) groups is 2. The normalized spacial score (nSPS) is 19.0. The van der Waals surface area contributed by atoms with Crippen molar-refractivity contribution >= 4 is 44.9 Å². The van der Waals surface area contributed by atoms with Gasteiger partial charge in [-0.3, -0.25) is 9.59 Å². The number of sulfone groups is 1. The quantitative estimate of drug-likeness (QED) is 0.711. The Balaban J connectivity index is 1.82. The zero-order valence-corrected chi connectivity index (χ0v) is 15.3. The summed E-state index contributed by atoms with van der Waals surface area (Å²) in [6.45, 7) is -0.423. The summed E-state index contributed by atoms with van der Waals surface area (Å²) in [4.78, 5) is 25.1. The highest BCUT2D eigenvalue weighted by molar-refractivity contribution is 7.91. The summed E-state index contributed by atoms with van der Waals surface area (Å²) in [6.07, 6.45) is 0.369. The predicted molar refractivity (Wildman–Crippen MR) is 91.0 cm³/mol. The van der Waals surface area contributed by atoms with Crippen LogP contribution in [0.1, 0.15) is 12.0 Å². The van der Waals surface area contributed by atoms with Crippen LogP contribution < -0.4 is 0 Å². The number of likely N-dealkylation sites (N-methyl/N-ethyl adjacent to an activating group) is 1. The van der Waals surface area contributed by atoms with Crippen molar-refractivity contribution in [3.8, 4) is 0 Å². The third kappa shape index (κ3) is 5.09. The molecule has 1 aliphatic rings. The first-order chi connectivity index (χ1) is 11.2. The van der Waals surface area contributed by atoms with Crippen LogP contribution in [0.4, 0.5) is 0 Å². The number of carbonyl (C=O) groups excluding carboxylic acids is 2. The molecule has 6 nitrogen and oxygen atoms in total. The number of rotatable bonds is 5. The lowest BCUT2D eigenvalue weighted by Crippen LogP contribution is -2.40. The maximum atomic E-state index is 12.0. The number of halogens is 2. The van der Waals surface area contributed by atoms with Gasteiger partial charge in [0.05, 0.1) is 28.0 Å². The van der Waals surface area contributed by atoms with Crippen molar-refractivity contribution in [2.75, 3.05) is 25.2 Å². The van der Waals surface area contributed by atoms with E-state index in [0.29, 0.717) is 22.0 Å². The van der Waals surface area contributed by atoms with Gasteiger partial charge in [0, 0.05) is 13.1 Å². The third-order valence-corrected chi connectivity index (χ3v) is 6.33. The van der Waals surface area contributed by atoms with Gasteiger partial charge in [-0.1, -0.05) is 29.3 Å². The molecule has 1 aliphatic heterocycles. The fourth-order valence-corrected chi connectivity index (χ4v) is 4.49. The number of hydrogen-bond acceptors (Lipinski definition) is 5. The number of esters is 1. The molecule has 1 fully saturated rings. The van der Waals surface area contributed by atoms with Crippen LogP contribution in [0.25, 0.3) is 0 Å². The Morgan fingerprint density at radius 1 is 1.29 bits per heavy atom. The minimum absolute atomic E-state index is 0.0360. The van der Waals surface area contributed by atoms with Gasteiger partial charge in [-0.05, 0) is 24.1 Å². The molecule has 1 atom stereocenters. The molecule has 0 unspecified atom stereocenters. The molecule has 0 bridgehead atoms. The molecule has 2 rings (SSSR count). The Bertz CT molecular complexity index is 750. The van der Waals surface area contributed by atoms with E-state index in [9.17, 15) is 18.0 Å². The highest BCUT2D eigenvalue weighted by atomic mass is 35.5. The topological polar surface area (TPSA) is 80.8 Å². The van der Waals surface area contributed by atoms with Crippen LogP contribution in [-0.2, 0) is 30.6 Å². The molecule has 132 valence electrons. The Labute approximate surface area is 150 Å². The van der Waals surface area contributed by atoms with E-state index < -0.39 is 28.3 Å². The van der Waals surface area contributed by atoms with Crippen molar-refractivity contribution in [2.24, 2.45) is 0 Å². The molecule has 0 N–H and O–H groups in total. The predicted octanol–water partition coefficient (Wildman–Crippen LogP) is 1.72. The average molecular weight is 394 g/mol. The van der Waals surface area contributed by atoms with Crippen LogP contribution >= 0.6 is 23.2 Å². The zero-order chi connectivity index (χ0) is 17.9. The minimum Gasteiger partial charge on any atom is -0.455 e. The van der Waals surface area contributed by atoms with E-state index >= 15 is 0 Å². The SMILES string of the molecule is CN(C(=O)COC(=O)Cc1ccc(Cl)c(Cl)c1)[C@H]1CCS(=O)(=O)C1. The molecule has 0 radical (unpaired) electrons. The first-order valence-corrected chi connectivity index (χ1v) is 9.81. The van der Waals surface area contributed by atoms with Gasteiger partial charge in [-0.15, -0.1) is 0 Å². The molecule has 1 heterocycles. The summed E-state index contributed by atoms with van der Waals surface area (Å²) in [5.41, 5.74) is 0.622. The highest BCUT2D eigenvalue weighted by Gasteiger charge is 2.32. The number of benzene rings is 1. The molecule has 0 spiro atoms. The fourth-order valence-electron chi connectivity index (χ4n) is 2.40. The monoisotopic (exact) mass is 393 g/mol. The lowest BCUT2D eigenvalue weighted by molar-refractivity contribution is -0.151. The van der Waals surface area contributed by atoms with Gasteiger partial charge in [-0.25, -0.2) is 8.42 Å². The molecular formula is C15H17Cl2NO5S. The Kier molecular flexibility index (Phi) is 6.11. The van der Waals surface area contributed by atoms with E-state index in [0.717, 1.165) is 0 Å². The maximum Gasteiger partial charge on any atom is 0.310 e. The van der Waals surface area contributed by atoms with Crippen LogP contribution in [0.5, 0.6) is 0 Å². The smallest absolute Gasteiger partial charge is 0.310 e. The van der Waals surface area contributed by atoms with Gasteiger partial charge in [0.25, 0.3) is 5.91 Å². The molecule has 0 saturated carbocycles. The second kappa shape index (κ2) is 7.72. The van der Waals surface area contributed by atoms with E-state index in [1.54, 1.807) is 18.2 Å². The van der Waals surface area contributed by atoms with Crippen LogP contribution in [0.2, 0.25) is 10.0 Å². The zero-order valence-electron chi connectivity index (χ0n) is 13.0. The van der Waals surface area contributed by atoms with Gasteiger partial charge < -0.3 is 9.64 Å². The Hall–Kier alpha value is -1.31. The maximum absolute atomic E-state index is 12.0. The van der Waals surface area contributed by atoms with E-state index in [4.69, 9.17) is 27.9 Å². The summed E-state index contributed by atoms with van der Waals surface area (Å²) in [6, 6.07) is 4.41. The lowest BCUT2D eigenvalue weighted by Gasteiger charge is -2.23. The summed E-state index contributed by atoms with van der Waals surface area (Å²) in [5, 5.41) is 0.720. The van der Waals surface area contributed by atoms with Crippen LogP contribution in [-0.4, -0.2) is 56.4 Å². The number of nitrogens with zero attached hydrogens (tertiary/aromatic N) is 1. The number of ether oxygens (including phenoxy) is 1. The first kappa shape index (κ1) is 19.0. The first-order valence-electron chi connectivity index (χ1n) is 7.23. The van der Waals surface area contributed by atoms with Crippen LogP contribution in [0, 0.1) is 0 Å². The van der Waals surface area contributed by atoms with Crippen molar-refractivity contribution in [1.82, 2.24) is 4.90 Å². The molecular weight excluding hydrogens is 377 g/mol. The van der Waals surface area contributed by atoms with Crippen molar-refractivity contribution in [2.45, 2.75) is 18.9 Å². The van der Waals surface area contributed by atoms with Gasteiger partial charge in [0.15, 0.2) is 16.4 Å². The summed E-state index contributed by atoms with van der Waals surface area (Å²) in [5.74, 6) is -0.979. The largest absolute Gasteiger partial charge is 0.455 e. The third-order valence-electron chi connectivity index (χ3n) is 3.84. The number of amides is 1. The fraction of sp³-hybridized carbons (Fsp3) is 0.467. The summed E-state index contributed by atoms with van der Waals surface area (Å²) < 4.78 is 27.8. The average Bonchev–Trinajstić information content (AvgIpc) is 2.88. The van der Waals surface area contributed by atoms with Crippen molar-refractivity contribution in [3.63, 3.8) is 0 Å². The highest BCUT2D eigenvalue weighted by Crippen LogP contribution is 2.23.